The van der Waals surface area contributed by atoms with E-state index < -0.39 is 17.8 Å². The van der Waals surface area contributed by atoms with Gasteiger partial charge in [-0.05, 0) is 19.1 Å². The maximum absolute atomic E-state index is 12.5. The van der Waals surface area contributed by atoms with Gasteiger partial charge in [0.15, 0.2) is 5.78 Å². The minimum atomic E-state index is -2.75. The van der Waals surface area contributed by atoms with Gasteiger partial charge in [-0.3, -0.25) is 4.79 Å². The third-order valence-corrected chi connectivity index (χ3v) is 2.03. The number of carbonyl (C=O) groups is 1. The second-order valence-corrected chi connectivity index (χ2v) is 3.23. The van der Waals surface area contributed by atoms with Gasteiger partial charge in [0.05, 0.1) is 5.02 Å². The van der Waals surface area contributed by atoms with Crippen molar-refractivity contribution in [3.63, 3.8) is 0 Å². The predicted molar refractivity (Wildman–Crippen MR) is 50.8 cm³/mol. The molecule has 0 amide bonds. The highest BCUT2D eigenvalue weighted by Gasteiger charge is 2.19. The Labute approximate surface area is 84.7 Å². The number of carbonyl (C=O) groups excluding carboxylic acids is 1. The second-order valence-electron chi connectivity index (χ2n) is 2.82. The summed E-state index contributed by atoms with van der Waals surface area (Å²) in [6, 6.07) is 2.34. The summed E-state index contributed by atoms with van der Waals surface area (Å²) in [5, 5.41) is -0.0344. The van der Waals surface area contributed by atoms with E-state index in [4.69, 9.17) is 17.3 Å². The largest absolute Gasteiger partial charge is 0.399 e. The van der Waals surface area contributed by atoms with E-state index in [1.165, 1.54) is 13.0 Å². The molecule has 0 aliphatic rings. The molecule has 0 fully saturated rings. The summed E-state index contributed by atoms with van der Waals surface area (Å²) < 4.78 is 25.0. The van der Waals surface area contributed by atoms with Gasteiger partial charge in [0, 0.05) is 16.8 Å². The molecule has 0 heterocycles. The van der Waals surface area contributed by atoms with Crippen molar-refractivity contribution in [3.8, 4) is 0 Å². The van der Waals surface area contributed by atoms with E-state index in [0.717, 1.165) is 6.07 Å². The van der Waals surface area contributed by atoms with Crippen molar-refractivity contribution in [3.05, 3.63) is 28.3 Å². The van der Waals surface area contributed by atoms with Crippen LogP contribution in [0.4, 0.5) is 14.5 Å². The molecule has 0 atom stereocenters. The fourth-order valence-electron chi connectivity index (χ4n) is 1.19. The third kappa shape index (κ3) is 2.01. The lowest BCUT2D eigenvalue weighted by Gasteiger charge is -2.09. The normalized spacial score (nSPS) is 10.6. The highest BCUT2D eigenvalue weighted by molar-refractivity contribution is 6.34. The molecule has 5 heteroatoms. The standard InChI is InChI=1S/C9H8ClF2NO/c1-4(14)8-6(9(11)12)2-5(13)3-7(8)10/h2-3,9H,13H2,1H3. The third-order valence-electron chi connectivity index (χ3n) is 1.73. The topological polar surface area (TPSA) is 43.1 Å². The number of hydrogen-bond donors (Lipinski definition) is 1. The summed E-state index contributed by atoms with van der Waals surface area (Å²) >= 11 is 5.64. The number of rotatable bonds is 2. The van der Waals surface area contributed by atoms with Crippen LogP contribution in [-0.4, -0.2) is 5.78 Å². The summed E-state index contributed by atoms with van der Waals surface area (Å²) in [6.45, 7) is 1.18. The molecule has 2 nitrogen and oxygen atoms in total. The number of anilines is 1. The molecule has 2 N–H and O–H groups in total. The van der Waals surface area contributed by atoms with E-state index in [9.17, 15) is 13.6 Å². The fraction of sp³-hybridized carbons (Fsp3) is 0.222. The van der Waals surface area contributed by atoms with Crippen molar-refractivity contribution in [2.45, 2.75) is 13.3 Å². The maximum Gasteiger partial charge on any atom is 0.264 e. The van der Waals surface area contributed by atoms with Crippen LogP contribution in [0.1, 0.15) is 29.3 Å². The fourth-order valence-corrected chi connectivity index (χ4v) is 1.56. The number of nitrogens with two attached hydrogens (primary N) is 1. The van der Waals surface area contributed by atoms with Crippen LogP contribution in [0.3, 0.4) is 0 Å². The van der Waals surface area contributed by atoms with Crippen molar-refractivity contribution in [2.75, 3.05) is 5.73 Å². The summed E-state index contributed by atoms with van der Waals surface area (Å²) in [6.07, 6.45) is -2.75. The number of alkyl halides is 2. The van der Waals surface area contributed by atoms with Crippen molar-refractivity contribution >= 4 is 23.1 Å². The summed E-state index contributed by atoms with van der Waals surface area (Å²) in [7, 11) is 0. The number of ketones is 1. The molecule has 0 saturated carbocycles. The Morgan fingerprint density at radius 3 is 2.50 bits per heavy atom. The van der Waals surface area contributed by atoms with Crippen LogP contribution in [0.5, 0.6) is 0 Å². The van der Waals surface area contributed by atoms with E-state index in [2.05, 4.69) is 0 Å². The number of halogens is 3. The monoisotopic (exact) mass is 219 g/mol. The van der Waals surface area contributed by atoms with Crippen LogP contribution in [0.2, 0.25) is 5.02 Å². The molecule has 1 aromatic rings. The van der Waals surface area contributed by atoms with Crippen LogP contribution in [-0.2, 0) is 0 Å². The molecule has 0 aliphatic carbocycles. The smallest absolute Gasteiger partial charge is 0.264 e. The van der Waals surface area contributed by atoms with Gasteiger partial charge in [0.2, 0.25) is 0 Å². The van der Waals surface area contributed by atoms with Crippen LogP contribution >= 0.6 is 11.6 Å². The molecule has 0 saturated heterocycles. The lowest BCUT2D eigenvalue weighted by Crippen LogP contribution is -2.03. The van der Waals surface area contributed by atoms with E-state index in [1.54, 1.807) is 0 Å². The highest BCUT2D eigenvalue weighted by atomic mass is 35.5. The molecular formula is C9H8ClF2NO. The average Bonchev–Trinajstić information content (AvgIpc) is 2.01. The van der Waals surface area contributed by atoms with Crippen LogP contribution in [0.25, 0.3) is 0 Å². The Hall–Kier alpha value is -1.16. The van der Waals surface area contributed by atoms with E-state index in [-0.39, 0.29) is 16.3 Å². The molecule has 1 rings (SSSR count). The zero-order chi connectivity index (χ0) is 10.9. The molecule has 0 aromatic heterocycles. The van der Waals surface area contributed by atoms with Gasteiger partial charge in [-0.15, -0.1) is 0 Å². The lowest BCUT2D eigenvalue weighted by atomic mass is 10.0. The van der Waals surface area contributed by atoms with Gasteiger partial charge in [-0.2, -0.15) is 0 Å². The second kappa shape index (κ2) is 3.92. The van der Waals surface area contributed by atoms with Crippen LogP contribution in [0.15, 0.2) is 12.1 Å². The molecule has 0 aliphatic heterocycles. The lowest BCUT2D eigenvalue weighted by molar-refractivity contribution is 0.0999. The molecule has 1 aromatic carbocycles. The quantitative estimate of drug-likeness (QED) is 0.614. The van der Waals surface area contributed by atoms with Crippen molar-refractivity contribution < 1.29 is 13.6 Å². The highest BCUT2D eigenvalue weighted by Crippen LogP contribution is 2.31. The predicted octanol–water partition coefficient (Wildman–Crippen LogP) is 3.06. The summed E-state index contributed by atoms with van der Waals surface area (Å²) in [5.74, 6) is -0.495. The molecule has 0 spiro atoms. The number of nitrogen functional groups attached to an aromatic ring is 1. The minimum Gasteiger partial charge on any atom is -0.399 e. The number of hydrogen-bond acceptors (Lipinski definition) is 2. The zero-order valence-corrected chi connectivity index (χ0v) is 8.11. The SMILES string of the molecule is CC(=O)c1c(Cl)cc(N)cc1C(F)F. The average molecular weight is 220 g/mol. The van der Waals surface area contributed by atoms with E-state index in [0.29, 0.717) is 0 Å². The van der Waals surface area contributed by atoms with E-state index in [1.807, 2.05) is 0 Å². The Bertz CT molecular complexity index is 379. The first-order chi connectivity index (χ1) is 6.43. The Morgan fingerprint density at radius 1 is 1.50 bits per heavy atom. The number of benzene rings is 1. The van der Waals surface area contributed by atoms with Crippen LogP contribution < -0.4 is 5.73 Å². The molecular weight excluding hydrogens is 212 g/mol. The molecule has 0 unspecified atom stereocenters. The summed E-state index contributed by atoms with van der Waals surface area (Å²) in [4.78, 5) is 11.0. The van der Waals surface area contributed by atoms with Crippen molar-refractivity contribution in [1.82, 2.24) is 0 Å². The molecule has 0 radical (unpaired) electrons. The van der Waals surface area contributed by atoms with Gasteiger partial charge < -0.3 is 5.73 Å². The van der Waals surface area contributed by atoms with Gasteiger partial charge in [-0.1, -0.05) is 11.6 Å². The Kier molecular flexibility index (Phi) is 3.06. The summed E-state index contributed by atoms with van der Waals surface area (Å²) in [5.41, 5.74) is 4.89. The molecule has 14 heavy (non-hydrogen) atoms. The Balaban J connectivity index is 3.44. The Morgan fingerprint density at radius 2 is 2.07 bits per heavy atom. The first-order valence-corrected chi connectivity index (χ1v) is 4.19. The first-order valence-electron chi connectivity index (χ1n) is 3.81. The molecule has 76 valence electrons. The van der Waals surface area contributed by atoms with Crippen molar-refractivity contribution in [2.24, 2.45) is 0 Å². The van der Waals surface area contributed by atoms with Gasteiger partial charge in [0.1, 0.15) is 0 Å². The first kappa shape index (κ1) is 10.9. The van der Waals surface area contributed by atoms with Gasteiger partial charge in [0.25, 0.3) is 6.43 Å². The van der Waals surface area contributed by atoms with Gasteiger partial charge in [-0.25, -0.2) is 8.78 Å². The van der Waals surface area contributed by atoms with E-state index >= 15 is 0 Å². The number of Topliss-reactive ketones (excluding diaryl/α,β-unsaturated/α-hetero) is 1. The molecule has 0 bridgehead atoms. The van der Waals surface area contributed by atoms with Gasteiger partial charge >= 0.3 is 0 Å². The maximum atomic E-state index is 12.5. The minimum absolute atomic E-state index is 0.0344. The van der Waals surface area contributed by atoms with Crippen molar-refractivity contribution in [1.29, 1.82) is 0 Å². The zero-order valence-electron chi connectivity index (χ0n) is 7.35. The van der Waals surface area contributed by atoms with Crippen LogP contribution in [0, 0.1) is 0 Å².